The molecule has 3 aliphatic rings. The Bertz CT molecular complexity index is 1220. The first-order valence-electron chi connectivity index (χ1n) is 12.1. The van der Waals surface area contributed by atoms with Crippen LogP contribution in [0.15, 0.2) is 36.4 Å². The topological polar surface area (TPSA) is 87.5 Å². The van der Waals surface area contributed by atoms with E-state index in [1.54, 1.807) is 24.8 Å². The maximum atomic E-state index is 14.1. The Hall–Kier alpha value is -2.91. The van der Waals surface area contributed by atoms with Gasteiger partial charge in [-0.3, -0.25) is 14.4 Å². The van der Waals surface area contributed by atoms with Crippen LogP contribution in [-0.4, -0.2) is 75.8 Å². The van der Waals surface area contributed by atoms with Gasteiger partial charge in [-0.25, -0.2) is 0 Å². The molecule has 0 radical (unpaired) electrons. The maximum absolute atomic E-state index is 14.1. The van der Waals surface area contributed by atoms with Crippen LogP contribution < -0.4 is 5.32 Å². The molecule has 1 aliphatic carbocycles. The average Bonchev–Trinajstić information content (AvgIpc) is 3.53. The minimum Gasteiger partial charge on any atom is -0.352 e. The molecule has 2 unspecified atom stereocenters. The van der Waals surface area contributed by atoms with Gasteiger partial charge in [-0.1, -0.05) is 30.3 Å². The first kappa shape index (κ1) is 23.8. The van der Waals surface area contributed by atoms with Crippen molar-refractivity contribution in [1.82, 2.24) is 24.9 Å². The third-order valence-electron chi connectivity index (χ3n) is 7.13. The second kappa shape index (κ2) is 9.28. The largest absolute Gasteiger partial charge is 0.352 e. The zero-order valence-electron chi connectivity index (χ0n) is 20.4. The summed E-state index contributed by atoms with van der Waals surface area (Å²) in [6.45, 7) is 2.57. The predicted octanol–water partition coefficient (Wildman–Crippen LogP) is 2.97. The summed E-state index contributed by atoms with van der Waals surface area (Å²) in [4.78, 5) is 46.3. The molecule has 2 aliphatic heterocycles. The minimum atomic E-state index is -1.72. The van der Waals surface area contributed by atoms with Crippen molar-refractivity contribution in [1.29, 1.82) is 0 Å². The van der Waals surface area contributed by atoms with Crippen LogP contribution in [0.5, 0.6) is 0 Å². The highest BCUT2D eigenvalue weighted by Gasteiger charge is 2.57. The third-order valence-corrected chi connectivity index (χ3v) is 8.26. The van der Waals surface area contributed by atoms with Gasteiger partial charge in [0.1, 0.15) is 5.69 Å². The van der Waals surface area contributed by atoms with E-state index in [0.29, 0.717) is 25.2 Å². The Morgan fingerprint density at radius 1 is 1.29 bits per heavy atom. The van der Waals surface area contributed by atoms with Crippen LogP contribution in [0.4, 0.5) is 0 Å². The number of hydrogen-bond acceptors (Lipinski definition) is 6. The van der Waals surface area contributed by atoms with E-state index in [2.05, 4.69) is 22.6 Å². The lowest BCUT2D eigenvalue weighted by Gasteiger charge is -2.47. The summed E-state index contributed by atoms with van der Waals surface area (Å²) in [5.74, 6) is -0.347. The van der Waals surface area contributed by atoms with Gasteiger partial charge in [-0.05, 0) is 63.9 Å². The van der Waals surface area contributed by atoms with E-state index >= 15 is 0 Å². The number of hydrogen-bond donors (Lipinski definition) is 1. The van der Waals surface area contributed by atoms with Crippen molar-refractivity contribution < 1.29 is 14.4 Å². The Kier molecular flexibility index (Phi) is 6.31. The van der Waals surface area contributed by atoms with Crippen LogP contribution in [0.1, 0.15) is 64.3 Å². The smallest absolute Gasteiger partial charge is 0.283 e. The Morgan fingerprint density at radius 2 is 2.09 bits per heavy atom. The number of likely N-dealkylation sites (N-methyl/N-ethyl adjacent to an activating group) is 1. The molecule has 0 saturated carbocycles. The number of thioether (sulfide) groups is 1. The Morgan fingerprint density at radius 3 is 2.83 bits per heavy atom. The Balaban J connectivity index is 1.61. The number of allylic oxidation sites excluding steroid dienone is 1. The van der Waals surface area contributed by atoms with E-state index in [0.717, 1.165) is 45.7 Å². The molecule has 2 aromatic rings. The first-order valence-corrected chi connectivity index (χ1v) is 13.1. The van der Waals surface area contributed by atoms with Gasteiger partial charge < -0.3 is 15.1 Å². The lowest BCUT2D eigenvalue weighted by molar-refractivity contribution is -0.130. The number of rotatable bonds is 6. The molecule has 0 spiro atoms. The number of carbonyl (C=O) groups excluding carboxylic acids is 3. The summed E-state index contributed by atoms with van der Waals surface area (Å²) >= 11 is 1.67. The summed E-state index contributed by atoms with van der Waals surface area (Å²) in [7, 11) is 3.84. The summed E-state index contributed by atoms with van der Waals surface area (Å²) in [5, 5.41) is 7.43. The first-order chi connectivity index (χ1) is 16.8. The summed E-state index contributed by atoms with van der Waals surface area (Å²) in [6.07, 6.45) is 5.50. The highest BCUT2D eigenvalue weighted by molar-refractivity contribution is 8.08. The zero-order chi connectivity index (χ0) is 24.7. The van der Waals surface area contributed by atoms with Gasteiger partial charge in [-0.2, -0.15) is 9.78 Å². The van der Waals surface area contributed by atoms with Crippen molar-refractivity contribution in [3.05, 3.63) is 58.9 Å². The SMILES string of the molecule is CN(C)CCNC(=O)C1(C)C(=O)n2nc(C3=CCCS3)cc2C(=O)N1C1CCCc2ccccc21. The van der Waals surface area contributed by atoms with E-state index in [9.17, 15) is 14.4 Å². The fourth-order valence-corrected chi connectivity index (χ4v) is 6.20. The normalized spacial score (nSPS) is 23.8. The molecular weight excluding hydrogens is 462 g/mol. The molecule has 0 fully saturated rings. The maximum Gasteiger partial charge on any atom is 0.283 e. The monoisotopic (exact) mass is 493 g/mol. The standard InChI is InChI=1S/C26H31N5O3S/c1-26(24(33)27-13-14-29(2)3)25(34)31-21(16-19(28-31)22-12-7-15-35-22)23(32)30(26)20-11-6-9-17-8-4-5-10-18(17)20/h4-5,8,10,12,16,20H,6-7,9,11,13-15H2,1-3H3,(H,27,33). The molecular formula is C26H31N5O3S. The second-order valence-electron chi connectivity index (χ2n) is 9.75. The van der Waals surface area contributed by atoms with Crippen LogP contribution in [0.25, 0.3) is 4.91 Å². The highest BCUT2D eigenvalue weighted by Crippen LogP contribution is 2.42. The van der Waals surface area contributed by atoms with E-state index in [4.69, 9.17) is 0 Å². The number of benzene rings is 1. The Labute approximate surface area is 209 Å². The van der Waals surface area contributed by atoms with Gasteiger partial charge >= 0.3 is 0 Å². The molecule has 8 nitrogen and oxygen atoms in total. The van der Waals surface area contributed by atoms with E-state index in [-0.39, 0.29) is 17.6 Å². The van der Waals surface area contributed by atoms with Crippen molar-refractivity contribution >= 4 is 34.4 Å². The van der Waals surface area contributed by atoms with E-state index < -0.39 is 17.4 Å². The number of amides is 2. The molecule has 1 aromatic carbocycles. The summed E-state index contributed by atoms with van der Waals surface area (Å²) < 4.78 is 1.16. The quantitative estimate of drug-likeness (QED) is 0.623. The average molecular weight is 494 g/mol. The predicted molar refractivity (Wildman–Crippen MR) is 136 cm³/mol. The van der Waals surface area contributed by atoms with Crippen molar-refractivity contribution in [2.24, 2.45) is 0 Å². The number of carbonyl (C=O) groups is 3. The minimum absolute atomic E-state index is 0.222. The van der Waals surface area contributed by atoms with Crippen LogP contribution in [-0.2, 0) is 11.2 Å². The molecule has 0 bridgehead atoms. The summed E-state index contributed by atoms with van der Waals surface area (Å²) in [6, 6.07) is 9.36. The summed E-state index contributed by atoms with van der Waals surface area (Å²) in [5.41, 5.74) is 1.29. The van der Waals surface area contributed by atoms with Gasteiger partial charge in [0.25, 0.3) is 17.7 Å². The fraction of sp³-hybridized carbons (Fsp3) is 0.462. The van der Waals surface area contributed by atoms with Gasteiger partial charge in [0.15, 0.2) is 0 Å². The third kappa shape index (κ3) is 4.00. The molecule has 2 amide bonds. The van der Waals surface area contributed by atoms with Gasteiger partial charge in [-0.15, -0.1) is 11.8 Å². The molecule has 184 valence electrons. The number of nitrogens with zero attached hydrogens (tertiary/aromatic N) is 4. The highest BCUT2D eigenvalue weighted by atomic mass is 32.2. The lowest BCUT2D eigenvalue weighted by atomic mass is 9.82. The van der Waals surface area contributed by atoms with Gasteiger partial charge in [0, 0.05) is 23.7 Å². The number of fused-ring (bicyclic) bond motifs is 2. The second-order valence-corrected chi connectivity index (χ2v) is 10.9. The molecule has 35 heavy (non-hydrogen) atoms. The molecule has 9 heteroatoms. The van der Waals surface area contributed by atoms with E-state index in [1.807, 2.05) is 37.2 Å². The van der Waals surface area contributed by atoms with Gasteiger partial charge in [0.2, 0.25) is 5.54 Å². The molecule has 5 rings (SSSR count). The molecule has 1 N–H and O–H groups in total. The van der Waals surface area contributed by atoms with Crippen molar-refractivity contribution in [2.45, 2.75) is 44.2 Å². The van der Waals surface area contributed by atoms with Crippen LogP contribution in [0.2, 0.25) is 0 Å². The fourth-order valence-electron chi connectivity index (χ4n) is 5.26. The number of aromatic nitrogens is 2. The van der Waals surface area contributed by atoms with Crippen LogP contribution in [0, 0.1) is 0 Å². The van der Waals surface area contributed by atoms with Crippen molar-refractivity contribution in [3.63, 3.8) is 0 Å². The van der Waals surface area contributed by atoms with Crippen LogP contribution in [0.3, 0.4) is 0 Å². The van der Waals surface area contributed by atoms with E-state index in [1.165, 1.54) is 4.90 Å². The molecule has 1 aromatic heterocycles. The van der Waals surface area contributed by atoms with Gasteiger partial charge in [0.05, 0.1) is 11.7 Å². The number of nitrogens with one attached hydrogen (secondary N) is 1. The zero-order valence-corrected chi connectivity index (χ0v) is 21.2. The molecule has 2 atom stereocenters. The number of aryl methyl sites for hydroxylation is 1. The molecule has 3 heterocycles. The van der Waals surface area contributed by atoms with Crippen LogP contribution >= 0.6 is 11.8 Å². The molecule has 0 saturated heterocycles. The lowest BCUT2D eigenvalue weighted by Crippen LogP contribution is -2.69. The van der Waals surface area contributed by atoms with Crippen molar-refractivity contribution in [3.8, 4) is 0 Å². The van der Waals surface area contributed by atoms with Crippen molar-refractivity contribution in [2.75, 3.05) is 32.9 Å².